The minimum absolute atomic E-state index is 0.496. The Hall–Kier alpha value is -7.00. The zero-order chi connectivity index (χ0) is 39.5. The Morgan fingerprint density at radius 2 is 0.678 bits per heavy atom. The van der Waals surface area contributed by atoms with Crippen molar-refractivity contribution in [2.75, 3.05) is 0 Å². The first-order valence-corrected chi connectivity index (χ1v) is 21.2. The van der Waals surface area contributed by atoms with Crippen molar-refractivity contribution in [3.63, 3.8) is 0 Å². The number of hydrogen-bond donors (Lipinski definition) is 0. The number of fused-ring (bicyclic) bond motifs is 6. The van der Waals surface area contributed by atoms with E-state index in [2.05, 4.69) is 214 Å². The average molecular weight is 773 g/mol. The van der Waals surface area contributed by atoms with Crippen molar-refractivity contribution in [2.24, 2.45) is 0 Å². The number of thiophene rings is 1. The van der Waals surface area contributed by atoms with Gasteiger partial charge in [0.15, 0.2) is 0 Å². The summed E-state index contributed by atoms with van der Waals surface area (Å²) in [5.41, 5.74) is 17.6. The molecule has 9 aromatic carbocycles. The molecule has 0 radical (unpaired) electrons. The van der Waals surface area contributed by atoms with Crippen LogP contribution in [0.3, 0.4) is 0 Å². The van der Waals surface area contributed by atoms with Gasteiger partial charge >= 0.3 is 0 Å². The van der Waals surface area contributed by atoms with E-state index in [0.717, 1.165) is 21.9 Å². The highest BCUT2D eigenvalue weighted by Crippen LogP contribution is 2.40. The maximum atomic E-state index is 6.37. The third kappa shape index (κ3) is 6.52. The number of benzene rings is 9. The molecule has 0 N–H and O–H groups in total. The van der Waals surface area contributed by atoms with Gasteiger partial charge in [-0.05, 0) is 145 Å². The monoisotopic (exact) mass is 772 g/mol. The molecule has 11 rings (SSSR count). The molecule has 0 bridgehead atoms. The van der Waals surface area contributed by atoms with Gasteiger partial charge in [0.2, 0.25) is 0 Å². The first-order chi connectivity index (χ1) is 29.0. The Labute approximate surface area is 348 Å². The van der Waals surface area contributed by atoms with Crippen molar-refractivity contribution >= 4 is 53.4 Å². The zero-order valence-corrected chi connectivity index (χ0v) is 33.8. The van der Waals surface area contributed by atoms with E-state index in [4.69, 9.17) is 4.42 Å². The molecule has 0 atom stereocenters. The lowest BCUT2D eigenvalue weighted by Gasteiger charge is -2.11. The molecule has 2 aromatic heterocycles. The highest BCUT2D eigenvalue weighted by molar-refractivity contribution is 7.25. The first-order valence-electron chi connectivity index (χ1n) is 20.4. The van der Waals surface area contributed by atoms with Crippen LogP contribution in [0.5, 0.6) is 0 Å². The van der Waals surface area contributed by atoms with Gasteiger partial charge in [-0.15, -0.1) is 11.3 Å². The second kappa shape index (κ2) is 14.4. The van der Waals surface area contributed by atoms with E-state index < -0.39 is 0 Å². The summed E-state index contributed by atoms with van der Waals surface area (Å²) in [5.74, 6) is 0.496. The Morgan fingerprint density at radius 1 is 0.305 bits per heavy atom. The van der Waals surface area contributed by atoms with Crippen molar-refractivity contribution < 1.29 is 4.42 Å². The molecule has 0 fully saturated rings. The molecule has 11 aromatic rings. The molecule has 0 unspecified atom stereocenters. The summed E-state index contributed by atoms with van der Waals surface area (Å²) < 4.78 is 9.02. The minimum atomic E-state index is 0.496. The summed E-state index contributed by atoms with van der Waals surface area (Å²) in [7, 11) is 0. The lowest BCUT2D eigenvalue weighted by Crippen LogP contribution is -1.88. The Kier molecular flexibility index (Phi) is 8.61. The largest absolute Gasteiger partial charge is 0.456 e. The van der Waals surface area contributed by atoms with Gasteiger partial charge in [-0.3, -0.25) is 0 Å². The molecule has 0 amide bonds. The maximum absolute atomic E-state index is 6.37. The van der Waals surface area contributed by atoms with Crippen LogP contribution in [-0.2, 0) is 0 Å². The molecular weight excluding hydrogens is 733 g/mol. The molecule has 1 nitrogen and oxygen atoms in total. The van der Waals surface area contributed by atoms with E-state index in [1.807, 2.05) is 11.3 Å². The predicted octanol–water partition coefficient (Wildman–Crippen LogP) is 17.1. The number of hydrogen-bond acceptors (Lipinski definition) is 2. The van der Waals surface area contributed by atoms with Gasteiger partial charge in [-0.25, -0.2) is 0 Å². The Bertz CT molecular complexity index is 3380. The predicted molar refractivity (Wildman–Crippen MR) is 253 cm³/mol. The first kappa shape index (κ1) is 35.2. The van der Waals surface area contributed by atoms with Crippen molar-refractivity contribution in [3.8, 4) is 66.8 Å². The van der Waals surface area contributed by atoms with Crippen LogP contribution in [-0.4, -0.2) is 0 Å². The van der Waals surface area contributed by atoms with Gasteiger partial charge in [0.1, 0.15) is 11.2 Å². The molecule has 0 aliphatic carbocycles. The van der Waals surface area contributed by atoms with Crippen LogP contribution in [0.2, 0.25) is 0 Å². The van der Waals surface area contributed by atoms with Crippen LogP contribution in [0, 0.1) is 0 Å². The SMILES string of the molecule is CC(C)c1cccc(-c2cccc(-c3cccc(-c4cccc(-c5cccc(-c6ccc7oc8ccc(-c9ccc%10sc%11ccccc%11c%10c9)cc8c7c6)c5)c4)c3)c2)c1. The highest BCUT2D eigenvalue weighted by Gasteiger charge is 2.13. The number of rotatable bonds is 7. The quantitative estimate of drug-likeness (QED) is 0.157. The smallest absolute Gasteiger partial charge is 0.135 e. The average Bonchev–Trinajstić information content (AvgIpc) is 3.86. The van der Waals surface area contributed by atoms with Gasteiger partial charge in [-0.1, -0.05) is 147 Å². The van der Waals surface area contributed by atoms with E-state index in [1.165, 1.54) is 92.5 Å². The van der Waals surface area contributed by atoms with Crippen LogP contribution in [0.4, 0.5) is 0 Å². The molecule has 0 aliphatic heterocycles. The standard InChI is InChI=1S/C57H40OS/c1-36(2)37-10-5-11-38(28-37)39-12-6-13-40(29-39)41-14-7-15-42(30-41)43-16-8-17-44(31-43)45-18-9-19-46(32-45)47-22-25-54-51(33-47)52-34-48(23-26-55(52)58-54)49-24-27-57-53(35-49)50-20-3-4-21-56(50)59-57/h3-36H,1-2H3. The summed E-state index contributed by atoms with van der Waals surface area (Å²) in [6.07, 6.45) is 0. The zero-order valence-electron chi connectivity index (χ0n) is 32.9. The van der Waals surface area contributed by atoms with Gasteiger partial charge in [0.05, 0.1) is 0 Å². The lowest BCUT2D eigenvalue weighted by molar-refractivity contribution is 0.669. The third-order valence-electron chi connectivity index (χ3n) is 11.8. The Balaban J connectivity index is 0.900. The second-order valence-corrected chi connectivity index (χ2v) is 17.0. The topological polar surface area (TPSA) is 13.1 Å². The number of furan rings is 1. The van der Waals surface area contributed by atoms with Crippen LogP contribution in [0.15, 0.2) is 205 Å². The van der Waals surface area contributed by atoms with E-state index in [-0.39, 0.29) is 0 Å². The maximum Gasteiger partial charge on any atom is 0.135 e. The molecule has 0 aliphatic rings. The molecule has 2 heteroatoms. The Morgan fingerprint density at radius 3 is 1.15 bits per heavy atom. The fraction of sp³-hybridized carbons (Fsp3) is 0.0526. The third-order valence-corrected chi connectivity index (χ3v) is 13.0. The summed E-state index contributed by atoms with van der Waals surface area (Å²) in [6, 6.07) is 73.3. The molecule has 0 saturated heterocycles. The van der Waals surface area contributed by atoms with E-state index in [0.29, 0.717) is 5.92 Å². The van der Waals surface area contributed by atoms with E-state index in [1.54, 1.807) is 0 Å². The van der Waals surface area contributed by atoms with E-state index in [9.17, 15) is 0 Å². The van der Waals surface area contributed by atoms with Gasteiger partial charge in [0, 0.05) is 30.9 Å². The summed E-state index contributed by atoms with van der Waals surface area (Å²) >= 11 is 1.85. The summed E-state index contributed by atoms with van der Waals surface area (Å²) in [6.45, 7) is 4.50. The minimum Gasteiger partial charge on any atom is -0.456 e. The molecule has 280 valence electrons. The molecule has 0 saturated carbocycles. The van der Waals surface area contributed by atoms with Crippen molar-refractivity contribution in [1.29, 1.82) is 0 Å². The van der Waals surface area contributed by atoms with Gasteiger partial charge in [0.25, 0.3) is 0 Å². The normalized spacial score (nSPS) is 11.7. The van der Waals surface area contributed by atoms with E-state index >= 15 is 0 Å². The van der Waals surface area contributed by atoms with Gasteiger partial charge in [-0.2, -0.15) is 0 Å². The van der Waals surface area contributed by atoms with Crippen molar-refractivity contribution in [3.05, 3.63) is 206 Å². The second-order valence-electron chi connectivity index (χ2n) is 15.9. The fourth-order valence-electron chi connectivity index (χ4n) is 8.63. The summed E-state index contributed by atoms with van der Waals surface area (Å²) in [5, 5.41) is 4.89. The van der Waals surface area contributed by atoms with Gasteiger partial charge < -0.3 is 4.42 Å². The van der Waals surface area contributed by atoms with Crippen LogP contribution < -0.4 is 0 Å². The van der Waals surface area contributed by atoms with Crippen LogP contribution in [0.25, 0.3) is 109 Å². The molecule has 0 spiro atoms. The van der Waals surface area contributed by atoms with Crippen LogP contribution in [0.1, 0.15) is 25.3 Å². The molecular formula is C57H40OS. The fourth-order valence-corrected chi connectivity index (χ4v) is 9.72. The molecule has 59 heavy (non-hydrogen) atoms. The van der Waals surface area contributed by atoms with Crippen molar-refractivity contribution in [2.45, 2.75) is 19.8 Å². The molecule has 2 heterocycles. The highest BCUT2D eigenvalue weighted by atomic mass is 32.1. The lowest BCUT2D eigenvalue weighted by atomic mass is 9.93. The van der Waals surface area contributed by atoms with Crippen molar-refractivity contribution in [1.82, 2.24) is 0 Å². The van der Waals surface area contributed by atoms with Crippen LogP contribution >= 0.6 is 11.3 Å². The summed E-state index contributed by atoms with van der Waals surface area (Å²) in [4.78, 5) is 0.